The van der Waals surface area contributed by atoms with Gasteiger partial charge in [-0.25, -0.2) is 4.79 Å². The van der Waals surface area contributed by atoms with Gasteiger partial charge < -0.3 is 15.6 Å². The van der Waals surface area contributed by atoms with Gasteiger partial charge in [-0.1, -0.05) is 44.2 Å². The monoisotopic (exact) mass is 437 g/mol. The van der Waals surface area contributed by atoms with Crippen LogP contribution < -0.4 is 10.6 Å². The van der Waals surface area contributed by atoms with Gasteiger partial charge in [0.25, 0.3) is 0 Å². The van der Waals surface area contributed by atoms with Crippen molar-refractivity contribution >= 4 is 28.3 Å². The van der Waals surface area contributed by atoms with Crippen LogP contribution in [0.25, 0.3) is 22.0 Å². The van der Waals surface area contributed by atoms with Gasteiger partial charge in [-0.2, -0.15) is 13.2 Å². The lowest BCUT2D eigenvalue weighted by Crippen LogP contribution is -2.19. The zero-order valence-electron chi connectivity index (χ0n) is 17.5. The predicted molar refractivity (Wildman–Crippen MR) is 122 cm³/mol. The Morgan fingerprint density at radius 2 is 1.62 bits per heavy atom. The molecule has 0 aliphatic rings. The molecule has 1 heterocycles. The Morgan fingerprint density at radius 3 is 2.31 bits per heavy atom. The second-order valence-electron chi connectivity index (χ2n) is 7.90. The molecule has 0 radical (unpaired) electrons. The number of alkyl halides is 3. The van der Waals surface area contributed by atoms with Gasteiger partial charge >= 0.3 is 12.2 Å². The Kier molecular flexibility index (Phi) is 5.65. The number of carbonyl (C=O) groups is 1. The number of H-pyrrole nitrogens is 1. The molecule has 0 saturated heterocycles. The van der Waals surface area contributed by atoms with Gasteiger partial charge in [0.15, 0.2) is 0 Å². The minimum atomic E-state index is -4.42. The smallest absolute Gasteiger partial charge is 0.359 e. The number of halogens is 3. The van der Waals surface area contributed by atoms with Crippen molar-refractivity contribution in [3.8, 4) is 11.1 Å². The number of hydrogen-bond acceptors (Lipinski definition) is 1. The molecule has 0 aliphatic carbocycles. The molecule has 4 nitrogen and oxygen atoms in total. The van der Waals surface area contributed by atoms with Crippen LogP contribution in [-0.2, 0) is 6.18 Å². The van der Waals surface area contributed by atoms with Gasteiger partial charge in [0.05, 0.1) is 11.3 Å². The third-order valence-corrected chi connectivity index (χ3v) is 5.29. The van der Waals surface area contributed by atoms with Crippen LogP contribution in [0, 0.1) is 0 Å². The zero-order valence-corrected chi connectivity index (χ0v) is 17.5. The van der Waals surface area contributed by atoms with E-state index in [1.165, 1.54) is 17.7 Å². The molecular weight excluding hydrogens is 415 g/mol. The lowest BCUT2D eigenvalue weighted by atomic mass is 9.97. The summed E-state index contributed by atoms with van der Waals surface area (Å²) < 4.78 is 38.1. The number of anilines is 2. The third-order valence-electron chi connectivity index (χ3n) is 5.29. The third kappa shape index (κ3) is 4.61. The van der Waals surface area contributed by atoms with E-state index in [-0.39, 0.29) is 5.69 Å². The van der Waals surface area contributed by atoms with Crippen LogP contribution in [-0.4, -0.2) is 11.0 Å². The first-order valence-electron chi connectivity index (χ1n) is 10.2. The second-order valence-corrected chi connectivity index (χ2v) is 7.90. The predicted octanol–water partition coefficient (Wildman–Crippen LogP) is 7.62. The maximum absolute atomic E-state index is 12.7. The second kappa shape index (κ2) is 8.42. The minimum Gasteiger partial charge on any atom is -0.359 e. The van der Waals surface area contributed by atoms with Crippen LogP contribution in [0.1, 0.15) is 30.9 Å². The molecule has 4 aromatic rings. The summed E-state index contributed by atoms with van der Waals surface area (Å²) in [6.45, 7) is 4.29. The molecule has 32 heavy (non-hydrogen) atoms. The summed E-state index contributed by atoms with van der Waals surface area (Å²) in [4.78, 5) is 15.5. The lowest BCUT2D eigenvalue weighted by Gasteiger charge is -2.10. The summed E-state index contributed by atoms with van der Waals surface area (Å²) in [5.74, 6) is 0.414. The van der Waals surface area contributed by atoms with Gasteiger partial charge in [0, 0.05) is 22.8 Å². The number of fused-ring (bicyclic) bond motifs is 1. The number of amides is 2. The first-order valence-corrected chi connectivity index (χ1v) is 10.2. The fraction of sp³-hybridized carbons (Fsp3) is 0.160. The van der Waals surface area contributed by atoms with Crippen LogP contribution in [0.5, 0.6) is 0 Å². The zero-order chi connectivity index (χ0) is 22.9. The average molecular weight is 437 g/mol. The van der Waals surface area contributed by atoms with Crippen molar-refractivity contribution in [3.63, 3.8) is 0 Å². The van der Waals surface area contributed by atoms with Gasteiger partial charge in [-0.05, 0) is 59.0 Å². The number of urea groups is 1. The summed E-state index contributed by atoms with van der Waals surface area (Å²) in [5.41, 5.74) is 4.27. The largest absolute Gasteiger partial charge is 0.416 e. The van der Waals surface area contributed by atoms with E-state index >= 15 is 0 Å². The van der Waals surface area contributed by atoms with Gasteiger partial charge in [-0.15, -0.1) is 0 Å². The Bertz CT molecular complexity index is 1260. The van der Waals surface area contributed by atoms with E-state index in [2.05, 4.69) is 41.6 Å². The van der Waals surface area contributed by atoms with Crippen molar-refractivity contribution in [2.45, 2.75) is 25.9 Å². The molecule has 4 rings (SSSR count). The number of nitrogens with one attached hydrogen (secondary N) is 3. The van der Waals surface area contributed by atoms with Gasteiger partial charge in [-0.3, -0.25) is 0 Å². The van der Waals surface area contributed by atoms with Crippen LogP contribution in [0.2, 0.25) is 0 Å². The van der Waals surface area contributed by atoms with Crippen molar-refractivity contribution in [2.75, 3.05) is 10.6 Å². The molecule has 0 saturated carbocycles. The Morgan fingerprint density at radius 1 is 0.906 bits per heavy atom. The molecular formula is C25H22F3N3O. The molecule has 164 valence electrons. The van der Waals surface area contributed by atoms with Gasteiger partial charge in [0.2, 0.25) is 0 Å². The molecule has 0 atom stereocenters. The fourth-order valence-corrected chi connectivity index (χ4v) is 3.51. The van der Waals surface area contributed by atoms with Crippen LogP contribution in [0.15, 0.2) is 72.9 Å². The molecule has 1 aromatic heterocycles. The van der Waals surface area contributed by atoms with Crippen LogP contribution in [0.3, 0.4) is 0 Å². The number of aromatic amines is 1. The lowest BCUT2D eigenvalue weighted by molar-refractivity contribution is -0.137. The molecule has 0 unspecified atom stereocenters. The van der Waals surface area contributed by atoms with E-state index in [0.717, 1.165) is 34.2 Å². The number of carbonyl (C=O) groups excluding carboxylic acids is 1. The van der Waals surface area contributed by atoms with E-state index < -0.39 is 17.8 Å². The standard InChI is InChI=1S/C25H22F3N3O/c1-15(2)16-4-3-5-17(12-16)18-6-11-22-21(13-18)23(14-29-22)31-24(32)30-20-9-7-19(8-10-20)25(26,27)28/h3-15,29H,1-2H3,(H2,30,31,32). The number of aromatic nitrogens is 1. The maximum atomic E-state index is 12.7. The van der Waals surface area contributed by atoms with Crippen molar-refractivity contribution < 1.29 is 18.0 Å². The highest BCUT2D eigenvalue weighted by Gasteiger charge is 2.30. The molecule has 3 N–H and O–H groups in total. The summed E-state index contributed by atoms with van der Waals surface area (Å²) in [6.07, 6.45) is -2.73. The fourth-order valence-electron chi connectivity index (χ4n) is 3.51. The molecule has 7 heteroatoms. The van der Waals surface area contributed by atoms with Crippen molar-refractivity contribution in [1.29, 1.82) is 0 Å². The number of rotatable bonds is 4. The first kappa shape index (κ1) is 21.5. The quantitative estimate of drug-likeness (QED) is 0.302. The van der Waals surface area contributed by atoms with Crippen molar-refractivity contribution in [3.05, 3.63) is 84.1 Å². The Hall–Kier alpha value is -3.74. The molecule has 2 amide bonds. The summed E-state index contributed by atoms with van der Waals surface area (Å²) in [5, 5.41) is 6.15. The summed E-state index contributed by atoms with van der Waals surface area (Å²) >= 11 is 0. The molecule has 0 bridgehead atoms. The maximum Gasteiger partial charge on any atom is 0.416 e. The first-order chi connectivity index (χ1) is 15.2. The molecule has 0 spiro atoms. The van der Waals surface area contributed by atoms with Crippen LogP contribution >= 0.6 is 0 Å². The highest BCUT2D eigenvalue weighted by Crippen LogP contribution is 2.31. The minimum absolute atomic E-state index is 0.265. The Labute approximate surface area is 183 Å². The number of hydrogen-bond donors (Lipinski definition) is 3. The summed E-state index contributed by atoms with van der Waals surface area (Å²) in [6, 6.07) is 18.1. The molecule has 0 fully saturated rings. The Balaban J connectivity index is 1.54. The SMILES string of the molecule is CC(C)c1cccc(-c2ccc3[nH]cc(NC(=O)Nc4ccc(C(F)(F)F)cc4)c3c2)c1. The van der Waals surface area contributed by atoms with E-state index in [1.54, 1.807) is 6.20 Å². The molecule has 3 aromatic carbocycles. The molecule has 0 aliphatic heterocycles. The van der Waals surface area contributed by atoms with Crippen molar-refractivity contribution in [1.82, 2.24) is 4.98 Å². The van der Waals surface area contributed by atoms with E-state index in [1.807, 2.05) is 30.3 Å². The van der Waals surface area contributed by atoms with Crippen molar-refractivity contribution in [2.24, 2.45) is 0 Å². The van der Waals surface area contributed by atoms with E-state index in [4.69, 9.17) is 0 Å². The van der Waals surface area contributed by atoms with Gasteiger partial charge in [0.1, 0.15) is 0 Å². The summed E-state index contributed by atoms with van der Waals surface area (Å²) in [7, 11) is 0. The normalized spacial score (nSPS) is 11.7. The highest BCUT2D eigenvalue weighted by atomic mass is 19.4. The number of benzene rings is 3. The average Bonchev–Trinajstić information content (AvgIpc) is 3.15. The highest BCUT2D eigenvalue weighted by molar-refractivity contribution is 6.06. The van der Waals surface area contributed by atoms with Crippen LogP contribution in [0.4, 0.5) is 29.3 Å². The topological polar surface area (TPSA) is 56.9 Å². The van der Waals surface area contributed by atoms with E-state index in [9.17, 15) is 18.0 Å². The van der Waals surface area contributed by atoms with E-state index in [0.29, 0.717) is 11.6 Å².